The van der Waals surface area contributed by atoms with Crippen LogP contribution in [0.15, 0.2) is 39.4 Å². The van der Waals surface area contributed by atoms with Gasteiger partial charge in [0.05, 0.1) is 29.8 Å². The molecule has 3 heterocycles. The van der Waals surface area contributed by atoms with Crippen molar-refractivity contribution in [2.75, 3.05) is 39.4 Å². The molecule has 1 saturated carbocycles. The molecule has 1 aromatic heterocycles. The molecule has 2 aliphatic heterocycles. The van der Waals surface area contributed by atoms with Crippen LogP contribution in [0.5, 0.6) is 0 Å². The molecule has 1 saturated heterocycles. The minimum absolute atomic E-state index is 0.0369. The van der Waals surface area contributed by atoms with Crippen molar-refractivity contribution in [3.63, 3.8) is 0 Å². The average Bonchev–Trinajstić information content (AvgIpc) is 2.85. The zero-order valence-corrected chi connectivity index (χ0v) is 19.8. The van der Waals surface area contributed by atoms with Crippen LogP contribution in [0.2, 0.25) is 0 Å². The molecule has 8 nitrogen and oxygen atoms in total. The standard InChI is InChI=1S/C26H34N4O4/c31-24-26(33)30(23-11-7-6-10-21(23)27-24)22-12-13-29(19-8-4-2-1-3-5-9-19)18-20(22)25(32)28-14-16-34-17-15-28/h6-7,10-11,19H,1-5,8-9,12-18H2,(H,27,31). The number of aromatic nitrogens is 2. The molecule has 5 rings (SSSR count). The summed E-state index contributed by atoms with van der Waals surface area (Å²) in [6.07, 6.45) is 9.19. The van der Waals surface area contributed by atoms with E-state index in [4.69, 9.17) is 4.74 Å². The van der Waals surface area contributed by atoms with E-state index in [1.807, 2.05) is 23.1 Å². The lowest BCUT2D eigenvalue weighted by Crippen LogP contribution is -2.48. The first-order chi connectivity index (χ1) is 16.6. The molecular weight excluding hydrogens is 432 g/mol. The summed E-state index contributed by atoms with van der Waals surface area (Å²) in [5, 5.41) is 0. The van der Waals surface area contributed by atoms with Gasteiger partial charge in [0.25, 0.3) is 5.91 Å². The lowest BCUT2D eigenvalue weighted by atomic mass is 9.93. The molecule has 2 fully saturated rings. The number of nitrogens with one attached hydrogen (secondary N) is 1. The Morgan fingerprint density at radius 2 is 1.65 bits per heavy atom. The molecule has 0 spiro atoms. The van der Waals surface area contributed by atoms with Gasteiger partial charge in [-0.2, -0.15) is 0 Å². The minimum atomic E-state index is -0.660. The van der Waals surface area contributed by atoms with Gasteiger partial charge in [-0.15, -0.1) is 0 Å². The van der Waals surface area contributed by atoms with Gasteiger partial charge in [0.1, 0.15) is 0 Å². The lowest BCUT2D eigenvalue weighted by molar-refractivity contribution is -0.131. The van der Waals surface area contributed by atoms with E-state index < -0.39 is 11.1 Å². The molecule has 182 valence electrons. The second-order valence-electron chi connectivity index (χ2n) is 9.66. The van der Waals surface area contributed by atoms with Crippen LogP contribution in [0.4, 0.5) is 0 Å². The molecule has 1 N–H and O–H groups in total. The third-order valence-corrected chi connectivity index (χ3v) is 7.55. The van der Waals surface area contributed by atoms with Crippen molar-refractivity contribution >= 4 is 22.6 Å². The monoisotopic (exact) mass is 466 g/mol. The van der Waals surface area contributed by atoms with Gasteiger partial charge in [-0.1, -0.05) is 44.2 Å². The van der Waals surface area contributed by atoms with E-state index >= 15 is 0 Å². The predicted molar refractivity (Wildman–Crippen MR) is 132 cm³/mol. The number of rotatable bonds is 3. The fourth-order valence-electron chi connectivity index (χ4n) is 5.71. The third kappa shape index (κ3) is 4.61. The molecule has 0 bridgehead atoms. The van der Waals surface area contributed by atoms with E-state index in [9.17, 15) is 14.4 Å². The Balaban J connectivity index is 1.59. The summed E-state index contributed by atoms with van der Waals surface area (Å²) in [6, 6.07) is 7.77. The Labute approximate surface area is 199 Å². The van der Waals surface area contributed by atoms with Crippen LogP contribution in [-0.4, -0.2) is 70.7 Å². The number of hydrogen-bond donors (Lipinski definition) is 1. The molecule has 0 unspecified atom stereocenters. The fraction of sp³-hybridized carbons (Fsp3) is 0.577. The largest absolute Gasteiger partial charge is 0.378 e. The van der Waals surface area contributed by atoms with Crippen molar-refractivity contribution in [2.24, 2.45) is 0 Å². The molecule has 3 aliphatic rings. The molecule has 8 heteroatoms. The van der Waals surface area contributed by atoms with Gasteiger partial charge >= 0.3 is 11.1 Å². The first-order valence-electron chi connectivity index (χ1n) is 12.7. The van der Waals surface area contributed by atoms with Crippen LogP contribution in [0.3, 0.4) is 0 Å². The Hall–Kier alpha value is -2.71. The summed E-state index contributed by atoms with van der Waals surface area (Å²) in [5.74, 6) is -0.0369. The molecule has 2 aromatic rings. The number of hydrogen-bond acceptors (Lipinski definition) is 5. The van der Waals surface area contributed by atoms with E-state index in [1.165, 1.54) is 36.7 Å². The van der Waals surface area contributed by atoms with Gasteiger partial charge < -0.3 is 14.6 Å². The number of ether oxygens (including phenoxy) is 1. The quantitative estimate of drug-likeness (QED) is 0.703. The van der Waals surface area contributed by atoms with Gasteiger partial charge in [-0.3, -0.25) is 23.9 Å². The van der Waals surface area contributed by atoms with Crippen LogP contribution in [0.1, 0.15) is 51.4 Å². The number of nitrogens with zero attached hydrogens (tertiary/aromatic N) is 3. The first-order valence-corrected chi connectivity index (χ1v) is 12.7. The number of carbonyl (C=O) groups is 1. The van der Waals surface area contributed by atoms with Gasteiger partial charge in [-0.05, 0) is 25.0 Å². The maximum absolute atomic E-state index is 13.8. The summed E-state index contributed by atoms with van der Waals surface area (Å²) in [5.41, 5.74) is 1.26. The van der Waals surface area contributed by atoms with Crippen LogP contribution in [0, 0.1) is 0 Å². The highest BCUT2D eigenvalue weighted by Crippen LogP contribution is 2.30. The predicted octanol–water partition coefficient (Wildman–Crippen LogP) is 2.58. The smallest absolute Gasteiger partial charge is 0.321 e. The topological polar surface area (TPSA) is 87.6 Å². The van der Waals surface area contributed by atoms with Gasteiger partial charge in [0.15, 0.2) is 0 Å². The summed E-state index contributed by atoms with van der Waals surface area (Å²) < 4.78 is 6.96. The number of carbonyl (C=O) groups excluding carboxylic acids is 1. The second kappa shape index (κ2) is 10.3. The van der Waals surface area contributed by atoms with E-state index in [0.29, 0.717) is 67.6 Å². The summed E-state index contributed by atoms with van der Waals surface area (Å²) in [4.78, 5) is 46.4. The number of H-pyrrole nitrogens is 1. The molecule has 0 radical (unpaired) electrons. The Bertz CT molecular complexity index is 1180. The highest BCUT2D eigenvalue weighted by molar-refractivity contribution is 6.00. The van der Waals surface area contributed by atoms with E-state index in [-0.39, 0.29) is 5.91 Å². The molecular formula is C26H34N4O4. The molecule has 1 amide bonds. The van der Waals surface area contributed by atoms with Gasteiger partial charge in [0.2, 0.25) is 0 Å². The van der Waals surface area contributed by atoms with Crippen LogP contribution in [0.25, 0.3) is 16.7 Å². The molecule has 34 heavy (non-hydrogen) atoms. The Morgan fingerprint density at radius 1 is 0.941 bits per heavy atom. The lowest BCUT2D eigenvalue weighted by Gasteiger charge is -2.39. The van der Waals surface area contributed by atoms with Crippen LogP contribution < -0.4 is 11.1 Å². The van der Waals surface area contributed by atoms with Gasteiger partial charge in [0, 0.05) is 44.3 Å². The maximum Gasteiger partial charge on any atom is 0.321 e. The summed E-state index contributed by atoms with van der Waals surface area (Å²) in [7, 11) is 0. The Morgan fingerprint density at radius 3 is 2.41 bits per heavy atom. The number of aromatic amines is 1. The Kier molecular flexibility index (Phi) is 6.97. The zero-order valence-electron chi connectivity index (χ0n) is 19.8. The minimum Gasteiger partial charge on any atom is -0.378 e. The number of amides is 1. The summed E-state index contributed by atoms with van der Waals surface area (Å²) >= 11 is 0. The fourth-order valence-corrected chi connectivity index (χ4v) is 5.71. The average molecular weight is 467 g/mol. The number of para-hydroxylation sites is 2. The molecule has 1 aromatic carbocycles. The van der Waals surface area contributed by atoms with E-state index in [1.54, 1.807) is 6.07 Å². The highest BCUT2D eigenvalue weighted by Gasteiger charge is 2.33. The third-order valence-electron chi connectivity index (χ3n) is 7.55. The van der Waals surface area contributed by atoms with E-state index in [2.05, 4.69) is 9.88 Å². The van der Waals surface area contributed by atoms with Crippen molar-refractivity contribution in [3.05, 3.63) is 50.5 Å². The van der Waals surface area contributed by atoms with Crippen molar-refractivity contribution in [1.29, 1.82) is 0 Å². The maximum atomic E-state index is 13.8. The molecule has 0 atom stereocenters. The van der Waals surface area contributed by atoms with Gasteiger partial charge in [-0.25, -0.2) is 0 Å². The van der Waals surface area contributed by atoms with Crippen LogP contribution in [-0.2, 0) is 9.53 Å². The van der Waals surface area contributed by atoms with Crippen molar-refractivity contribution < 1.29 is 9.53 Å². The van der Waals surface area contributed by atoms with E-state index in [0.717, 1.165) is 19.4 Å². The highest BCUT2D eigenvalue weighted by atomic mass is 16.5. The number of benzene rings is 1. The summed E-state index contributed by atoms with van der Waals surface area (Å²) in [6.45, 7) is 3.44. The van der Waals surface area contributed by atoms with Crippen molar-refractivity contribution in [3.8, 4) is 0 Å². The first kappa shape index (κ1) is 23.1. The normalized spacial score (nSPS) is 21.5. The van der Waals surface area contributed by atoms with Crippen LogP contribution >= 0.6 is 0 Å². The second-order valence-corrected chi connectivity index (χ2v) is 9.66. The number of morpholine rings is 1. The van der Waals surface area contributed by atoms with Crippen molar-refractivity contribution in [2.45, 2.75) is 57.4 Å². The van der Waals surface area contributed by atoms with Crippen molar-refractivity contribution in [1.82, 2.24) is 19.4 Å². The number of fused-ring (bicyclic) bond motifs is 1. The SMILES string of the molecule is O=C(C1=C(n2c(=O)c(=O)[nH]c3ccccc32)CCN(C2CCCCCCC2)C1)N1CCOCC1. The molecule has 1 aliphatic carbocycles. The zero-order chi connectivity index (χ0) is 23.5.